The predicted molar refractivity (Wildman–Crippen MR) is 138 cm³/mol. The molecule has 11 nitrogen and oxygen atoms in total. The number of ether oxygens (including phenoxy) is 2. The van der Waals surface area contributed by atoms with Crippen molar-refractivity contribution in [1.82, 2.24) is 20.1 Å². The Morgan fingerprint density at radius 1 is 1.08 bits per heavy atom. The van der Waals surface area contributed by atoms with Gasteiger partial charge in [-0.3, -0.25) is 9.59 Å². The lowest BCUT2D eigenvalue weighted by atomic mass is 10.2. The lowest BCUT2D eigenvalue weighted by molar-refractivity contribution is -0.113. The number of nitrogens with zero attached hydrogens (tertiary/aromatic N) is 3. The Balaban J connectivity index is 1.66. The van der Waals surface area contributed by atoms with Gasteiger partial charge in [-0.2, -0.15) is 0 Å². The summed E-state index contributed by atoms with van der Waals surface area (Å²) in [7, 11) is 2.83. The Bertz CT molecular complexity index is 1240. The second kappa shape index (κ2) is 13.2. The summed E-state index contributed by atoms with van der Waals surface area (Å²) in [4.78, 5) is 36.7. The zero-order valence-corrected chi connectivity index (χ0v) is 21.2. The van der Waals surface area contributed by atoms with Crippen LogP contribution in [0.3, 0.4) is 0 Å². The highest BCUT2D eigenvalue weighted by Gasteiger charge is 2.23. The maximum absolute atomic E-state index is 12.7. The molecule has 0 fully saturated rings. The quantitative estimate of drug-likeness (QED) is 0.184. The molecule has 0 aliphatic heterocycles. The van der Waals surface area contributed by atoms with E-state index in [-0.39, 0.29) is 11.7 Å². The maximum Gasteiger partial charge on any atom is 0.337 e. The van der Waals surface area contributed by atoms with E-state index in [1.807, 2.05) is 0 Å². The summed E-state index contributed by atoms with van der Waals surface area (Å²) < 4.78 is 11.4. The molecule has 1 aromatic heterocycles. The minimum atomic E-state index is -0.835. The molecule has 0 saturated heterocycles. The van der Waals surface area contributed by atoms with Crippen LogP contribution in [0.15, 0.2) is 66.3 Å². The largest absolute Gasteiger partial charge is 0.497 e. The third-order valence-electron chi connectivity index (χ3n) is 5.13. The molecule has 0 spiro atoms. The number of methoxy groups -OCH3 is 2. The van der Waals surface area contributed by atoms with Crippen molar-refractivity contribution in [3.05, 3.63) is 78.1 Å². The van der Waals surface area contributed by atoms with Crippen LogP contribution in [-0.4, -0.2) is 64.2 Å². The molecule has 3 N–H and O–H groups in total. The Kier molecular flexibility index (Phi) is 9.81. The molecule has 0 unspecified atom stereocenters. The average molecular weight is 526 g/mol. The van der Waals surface area contributed by atoms with E-state index in [1.165, 1.54) is 14.2 Å². The van der Waals surface area contributed by atoms with Gasteiger partial charge in [-0.15, -0.1) is 16.8 Å². The molecule has 1 atom stereocenters. The molecule has 1 heterocycles. The summed E-state index contributed by atoms with van der Waals surface area (Å²) in [6.45, 7) is 3.63. The molecule has 0 aliphatic carbocycles. The fourth-order valence-corrected chi connectivity index (χ4v) is 4.03. The fourth-order valence-electron chi connectivity index (χ4n) is 3.28. The number of aliphatic hydroxyl groups is 1. The average Bonchev–Trinajstić information content (AvgIpc) is 3.32. The van der Waals surface area contributed by atoms with Gasteiger partial charge in [0.2, 0.25) is 5.91 Å². The van der Waals surface area contributed by atoms with Crippen molar-refractivity contribution in [2.75, 3.05) is 31.9 Å². The smallest absolute Gasteiger partial charge is 0.337 e. The zero-order chi connectivity index (χ0) is 26.8. The van der Waals surface area contributed by atoms with E-state index in [1.54, 1.807) is 59.2 Å². The SMILES string of the molecule is C=CCn1c(SCC(=O)Nc2ccc(C(=O)OC)cc2)nnc1[C@H](CO)NC(=O)c1ccc(OC)cc1. The first-order chi connectivity index (χ1) is 17.9. The highest BCUT2D eigenvalue weighted by Crippen LogP contribution is 2.22. The molecule has 3 aromatic rings. The lowest BCUT2D eigenvalue weighted by Gasteiger charge is -2.17. The van der Waals surface area contributed by atoms with Crippen LogP contribution < -0.4 is 15.4 Å². The maximum atomic E-state index is 12.7. The second-order valence-electron chi connectivity index (χ2n) is 7.58. The van der Waals surface area contributed by atoms with E-state index in [0.29, 0.717) is 40.1 Å². The molecule has 194 valence electrons. The van der Waals surface area contributed by atoms with Crippen LogP contribution in [0.2, 0.25) is 0 Å². The van der Waals surface area contributed by atoms with Gasteiger partial charge >= 0.3 is 5.97 Å². The van der Waals surface area contributed by atoms with Gasteiger partial charge in [0.15, 0.2) is 11.0 Å². The molecule has 0 aliphatic rings. The van der Waals surface area contributed by atoms with Crippen molar-refractivity contribution in [3.63, 3.8) is 0 Å². The van der Waals surface area contributed by atoms with Gasteiger partial charge in [0, 0.05) is 17.8 Å². The Labute approximate surface area is 217 Å². The topological polar surface area (TPSA) is 145 Å². The van der Waals surface area contributed by atoms with Gasteiger partial charge in [-0.25, -0.2) is 4.79 Å². The van der Waals surface area contributed by atoms with Gasteiger partial charge < -0.3 is 29.8 Å². The summed E-state index contributed by atoms with van der Waals surface area (Å²) >= 11 is 1.14. The molecular weight excluding hydrogens is 498 g/mol. The van der Waals surface area contributed by atoms with Crippen LogP contribution in [0, 0.1) is 0 Å². The number of hydrogen-bond donors (Lipinski definition) is 3. The number of nitrogens with one attached hydrogen (secondary N) is 2. The van der Waals surface area contributed by atoms with E-state index < -0.39 is 24.5 Å². The number of rotatable bonds is 12. The first-order valence-corrected chi connectivity index (χ1v) is 12.1. The van der Waals surface area contributed by atoms with Gasteiger partial charge in [0.1, 0.15) is 11.8 Å². The van der Waals surface area contributed by atoms with Gasteiger partial charge in [0.25, 0.3) is 5.91 Å². The Morgan fingerprint density at radius 3 is 2.35 bits per heavy atom. The monoisotopic (exact) mass is 525 g/mol. The first-order valence-electron chi connectivity index (χ1n) is 11.1. The van der Waals surface area contributed by atoms with E-state index in [0.717, 1.165) is 11.8 Å². The number of carbonyl (C=O) groups excluding carboxylic acids is 3. The first kappa shape index (κ1) is 27.4. The molecule has 0 radical (unpaired) electrons. The third kappa shape index (κ3) is 7.18. The molecule has 12 heteroatoms. The van der Waals surface area contributed by atoms with Crippen molar-refractivity contribution in [2.45, 2.75) is 17.7 Å². The van der Waals surface area contributed by atoms with Crippen molar-refractivity contribution in [3.8, 4) is 5.75 Å². The van der Waals surface area contributed by atoms with Crippen molar-refractivity contribution in [1.29, 1.82) is 0 Å². The lowest BCUT2D eigenvalue weighted by Crippen LogP contribution is -2.33. The number of allylic oxidation sites excluding steroid dienone is 1. The molecule has 3 rings (SSSR count). The number of hydrogen-bond acceptors (Lipinski definition) is 9. The number of amides is 2. The predicted octanol–water partition coefficient (Wildman–Crippen LogP) is 2.45. The van der Waals surface area contributed by atoms with E-state index >= 15 is 0 Å². The number of thioether (sulfide) groups is 1. The fraction of sp³-hybridized carbons (Fsp3) is 0.240. The van der Waals surface area contributed by atoms with Crippen molar-refractivity contribution >= 4 is 35.2 Å². The van der Waals surface area contributed by atoms with Crippen molar-refractivity contribution in [2.24, 2.45) is 0 Å². The highest BCUT2D eigenvalue weighted by molar-refractivity contribution is 7.99. The number of carbonyl (C=O) groups is 3. The van der Waals surface area contributed by atoms with Crippen LogP contribution in [0.25, 0.3) is 0 Å². The summed E-state index contributed by atoms with van der Waals surface area (Å²) in [6.07, 6.45) is 1.62. The summed E-state index contributed by atoms with van der Waals surface area (Å²) in [6, 6.07) is 12.0. The number of aromatic nitrogens is 3. The molecule has 2 amide bonds. The van der Waals surface area contributed by atoms with Crippen molar-refractivity contribution < 1.29 is 29.0 Å². The summed E-state index contributed by atoms with van der Waals surface area (Å²) in [5.41, 5.74) is 1.28. The third-order valence-corrected chi connectivity index (χ3v) is 6.10. The summed E-state index contributed by atoms with van der Waals surface area (Å²) in [5, 5.41) is 24.2. The van der Waals surface area contributed by atoms with Crippen LogP contribution in [0.4, 0.5) is 5.69 Å². The minimum Gasteiger partial charge on any atom is -0.497 e. The molecular formula is C25H27N5O6S. The number of aliphatic hydroxyl groups excluding tert-OH is 1. The van der Waals surface area contributed by atoms with E-state index in [9.17, 15) is 19.5 Å². The van der Waals surface area contributed by atoms with E-state index in [2.05, 4.69) is 32.1 Å². The second-order valence-corrected chi connectivity index (χ2v) is 8.53. The normalized spacial score (nSPS) is 11.3. The van der Waals surface area contributed by atoms with Gasteiger partial charge in [-0.05, 0) is 48.5 Å². The number of esters is 1. The zero-order valence-electron chi connectivity index (χ0n) is 20.3. The van der Waals surface area contributed by atoms with Crippen LogP contribution >= 0.6 is 11.8 Å². The summed E-state index contributed by atoms with van der Waals surface area (Å²) in [5.74, 6) is -0.197. The minimum absolute atomic E-state index is 0.0238. The van der Waals surface area contributed by atoms with Crippen LogP contribution in [0.1, 0.15) is 32.6 Å². The molecule has 2 aromatic carbocycles. The highest BCUT2D eigenvalue weighted by atomic mass is 32.2. The van der Waals surface area contributed by atoms with Crippen LogP contribution in [0.5, 0.6) is 5.75 Å². The van der Waals surface area contributed by atoms with Gasteiger partial charge in [0.05, 0.1) is 32.1 Å². The Morgan fingerprint density at radius 2 is 1.76 bits per heavy atom. The molecule has 0 saturated carbocycles. The Hall–Kier alpha value is -4.16. The number of anilines is 1. The van der Waals surface area contributed by atoms with Gasteiger partial charge in [-0.1, -0.05) is 17.8 Å². The number of benzene rings is 2. The molecule has 37 heavy (non-hydrogen) atoms. The molecule has 0 bridgehead atoms. The standard InChI is InChI=1S/C25H27N5O6S/c1-4-13-30-22(20(14-31)27-23(33)16-7-11-19(35-2)12-8-16)28-29-25(30)37-15-21(32)26-18-9-5-17(6-10-18)24(34)36-3/h4-12,20,31H,1,13-15H2,2-3H3,(H,26,32)(H,27,33)/t20-/m0/s1. The van der Waals surface area contributed by atoms with E-state index in [4.69, 9.17) is 4.74 Å². The van der Waals surface area contributed by atoms with Crippen LogP contribution in [-0.2, 0) is 16.1 Å².